The van der Waals surface area contributed by atoms with Gasteiger partial charge < -0.3 is 4.74 Å². The summed E-state index contributed by atoms with van der Waals surface area (Å²) >= 11 is 10.4. The van der Waals surface area contributed by atoms with Gasteiger partial charge in [-0.15, -0.1) is 0 Å². The predicted molar refractivity (Wildman–Crippen MR) is 36.4 cm³/mol. The Balaban J connectivity index is 3.31. The third-order valence-electron chi connectivity index (χ3n) is 0.524. The van der Waals surface area contributed by atoms with Crippen LogP contribution in [-0.4, -0.2) is 12.6 Å². The lowest BCUT2D eigenvalue weighted by atomic mass is 10.7. The Bertz CT molecular complexity index is 127. The Hall–Kier alpha value is -0.210. The van der Waals surface area contributed by atoms with Crippen LogP contribution in [0.4, 0.5) is 0 Å². The van der Waals surface area contributed by atoms with E-state index in [4.69, 9.17) is 23.2 Å². The van der Waals surface area contributed by atoms with Crippen LogP contribution in [0.3, 0.4) is 0 Å². The van der Waals surface area contributed by atoms with Gasteiger partial charge in [-0.25, -0.2) is 0 Å². The SMILES string of the molecule is CC(=O)OCC=C(Cl)Cl. The lowest BCUT2D eigenvalue weighted by Crippen LogP contribution is -1.97. The molecular weight excluding hydrogens is 163 g/mol. The monoisotopic (exact) mass is 168 g/mol. The normalized spacial score (nSPS) is 8.33. The molecule has 0 heterocycles. The summed E-state index contributed by atoms with van der Waals surface area (Å²) in [7, 11) is 0. The first-order chi connectivity index (χ1) is 4.13. The van der Waals surface area contributed by atoms with Crippen LogP contribution in [0.1, 0.15) is 6.92 Å². The minimum absolute atomic E-state index is 0.108. The van der Waals surface area contributed by atoms with Crippen LogP contribution in [0, 0.1) is 0 Å². The molecule has 9 heavy (non-hydrogen) atoms. The van der Waals surface area contributed by atoms with Crippen molar-refractivity contribution in [2.45, 2.75) is 6.92 Å². The lowest BCUT2D eigenvalue weighted by molar-refractivity contribution is -0.139. The molecule has 0 bridgehead atoms. The van der Waals surface area contributed by atoms with Crippen molar-refractivity contribution in [3.8, 4) is 0 Å². The van der Waals surface area contributed by atoms with Crippen LogP contribution in [-0.2, 0) is 9.53 Å². The van der Waals surface area contributed by atoms with Gasteiger partial charge in [0.25, 0.3) is 0 Å². The quantitative estimate of drug-likeness (QED) is 0.589. The van der Waals surface area contributed by atoms with Crippen LogP contribution >= 0.6 is 23.2 Å². The van der Waals surface area contributed by atoms with Gasteiger partial charge in [0.1, 0.15) is 11.1 Å². The second kappa shape index (κ2) is 4.65. The van der Waals surface area contributed by atoms with Crippen molar-refractivity contribution in [2.75, 3.05) is 6.61 Å². The highest BCUT2D eigenvalue weighted by atomic mass is 35.5. The van der Waals surface area contributed by atoms with Crippen molar-refractivity contribution in [3.63, 3.8) is 0 Å². The Morgan fingerprint density at radius 2 is 2.22 bits per heavy atom. The minimum Gasteiger partial charge on any atom is -0.462 e. The number of hydrogen-bond acceptors (Lipinski definition) is 2. The fourth-order valence-electron chi connectivity index (χ4n) is 0.222. The molecule has 0 atom stereocenters. The fourth-order valence-corrected chi connectivity index (χ4v) is 0.348. The standard InChI is InChI=1S/C5H6Cl2O2/c1-4(8)9-3-2-5(6)7/h2H,3H2,1H3. The lowest BCUT2D eigenvalue weighted by Gasteiger charge is -1.92. The van der Waals surface area contributed by atoms with E-state index in [9.17, 15) is 4.79 Å². The van der Waals surface area contributed by atoms with E-state index in [0.717, 1.165) is 0 Å². The molecule has 52 valence electrons. The number of ether oxygens (including phenoxy) is 1. The van der Waals surface area contributed by atoms with Gasteiger partial charge in [0.2, 0.25) is 0 Å². The second-order valence-corrected chi connectivity index (χ2v) is 2.30. The Kier molecular flexibility index (Phi) is 4.54. The summed E-state index contributed by atoms with van der Waals surface area (Å²) in [6, 6.07) is 0. The number of rotatable bonds is 2. The summed E-state index contributed by atoms with van der Waals surface area (Å²) in [6.07, 6.45) is 1.39. The summed E-state index contributed by atoms with van der Waals surface area (Å²) in [4.78, 5) is 10.1. The molecule has 0 aromatic rings. The number of esters is 1. The molecule has 0 aliphatic rings. The molecule has 0 saturated heterocycles. The molecule has 2 nitrogen and oxygen atoms in total. The Morgan fingerprint density at radius 1 is 1.67 bits per heavy atom. The zero-order chi connectivity index (χ0) is 7.28. The van der Waals surface area contributed by atoms with Crippen molar-refractivity contribution in [1.82, 2.24) is 0 Å². The number of hydrogen-bond donors (Lipinski definition) is 0. The van der Waals surface area contributed by atoms with Crippen molar-refractivity contribution < 1.29 is 9.53 Å². The molecule has 0 unspecified atom stereocenters. The smallest absolute Gasteiger partial charge is 0.302 e. The van der Waals surface area contributed by atoms with Gasteiger partial charge in [-0.2, -0.15) is 0 Å². The summed E-state index contributed by atoms with van der Waals surface area (Å²) in [5, 5.41) is 0. The molecule has 0 fully saturated rings. The molecule has 0 aromatic carbocycles. The number of carbonyl (C=O) groups is 1. The topological polar surface area (TPSA) is 26.3 Å². The van der Waals surface area contributed by atoms with E-state index >= 15 is 0 Å². The number of carbonyl (C=O) groups excluding carboxylic acids is 1. The van der Waals surface area contributed by atoms with Gasteiger partial charge in [-0.3, -0.25) is 4.79 Å². The third kappa shape index (κ3) is 7.79. The second-order valence-electron chi connectivity index (χ2n) is 1.30. The van der Waals surface area contributed by atoms with Crippen molar-refractivity contribution in [3.05, 3.63) is 10.6 Å². The van der Waals surface area contributed by atoms with Gasteiger partial charge in [-0.1, -0.05) is 23.2 Å². The van der Waals surface area contributed by atoms with Crippen LogP contribution in [0.25, 0.3) is 0 Å². The molecule has 4 heteroatoms. The van der Waals surface area contributed by atoms with E-state index in [1.54, 1.807) is 0 Å². The van der Waals surface area contributed by atoms with Crippen molar-refractivity contribution >= 4 is 29.2 Å². The average Bonchev–Trinajstić information content (AvgIpc) is 1.63. The van der Waals surface area contributed by atoms with Crippen LogP contribution in [0.5, 0.6) is 0 Å². The fraction of sp³-hybridized carbons (Fsp3) is 0.400. The zero-order valence-corrected chi connectivity index (χ0v) is 6.37. The first-order valence-electron chi connectivity index (χ1n) is 2.27. The maximum Gasteiger partial charge on any atom is 0.302 e. The molecule has 0 rings (SSSR count). The van der Waals surface area contributed by atoms with E-state index in [-0.39, 0.29) is 17.1 Å². The molecule has 0 N–H and O–H groups in total. The van der Waals surface area contributed by atoms with E-state index in [1.165, 1.54) is 13.0 Å². The highest BCUT2D eigenvalue weighted by Crippen LogP contribution is 2.04. The number of halogens is 2. The van der Waals surface area contributed by atoms with E-state index in [1.807, 2.05) is 0 Å². The van der Waals surface area contributed by atoms with Gasteiger partial charge in [0.05, 0.1) is 0 Å². The maximum absolute atomic E-state index is 10.1. The Labute approximate surface area is 63.4 Å². The largest absolute Gasteiger partial charge is 0.462 e. The van der Waals surface area contributed by atoms with Crippen molar-refractivity contribution in [1.29, 1.82) is 0 Å². The average molecular weight is 169 g/mol. The van der Waals surface area contributed by atoms with Crippen LogP contribution in [0.15, 0.2) is 10.6 Å². The Morgan fingerprint density at radius 3 is 2.56 bits per heavy atom. The van der Waals surface area contributed by atoms with E-state index in [2.05, 4.69) is 4.74 Å². The highest BCUT2D eigenvalue weighted by Gasteiger charge is 1.88. The van der Waals surface area contributed by atoms with Gasteiger partial charge in [0, 0.05) is 6.92 Å². The van der Waals surface area contributed by atoms with Gasteiger partial charge in [-0.05, 0) is 6.08 Å². The summed E-state index contributed by atoms with van der Waals surface area (Å²) < 4.78 is 4.58. The first kappa shape index (κ1) is 8.79. The maximum atomic E-state index is 10.1. The van der Waals surface area contributed by atoms with Crippen LogP contribution in [0.2, 0.25) is 0 Å². The summed E-state index contributed by atoms with van der Waals surface area (Å²) in [5.74, 6) is -0.346. The third-order valence-corrected chi connectivity index (χ3v) is 0.833. The molecule has 0 aliphatic heterocycles. The summed E-state index contributed by atoms with van der Waals surface area (Å²) in [6.45, 7) is 1.45. The van der Waals surface area contributed by atoms with E-state index < -0.39 is 0 Å². The minimum atomic E-state index is -0.346. The van der Waals surface area contributed by atoms with Gasteiger partial charge in [0.15, 0.2) is 0 Å². The molecule has 0 spiro atoms. The molecular formula is C5H6Cl2O2. The predicted octanol–water partition coefficient (Wildman–Crippen LogP) is 1.87. The summed E-state index contributed by atoms with van der Waals surface area (Å²) in [5.41, 5.74) is 0. The molecule has 0 aromatic heterocycles. The molecule has 0 amide bonds. The van der Waals surface area contributed by atoms with Gasteiger partial charge >= 0.3 is 5.97 Å². The van der Waals surface area contributed by atoms with E-state index in [0.29, 0.717) is 0 Å². The molecule has 0 saturated carbocycles. The van der Waals surface area contributed by atoms with Crippen LogP contribution < -0.4 is 0 Å². The molecule has 0 radical (unpaired) electrons. The van der Waals surface area contributed by atoms with Crippen molar-refractivity contribution in [2.24, 2.45) is 0 Å². The molecule has 0 aliphatic carbocycles. The zero-order valence-electron chi connectivity index (χ0n) is 4.86. The first-order valence-corrected chi connectivity index (χ1v) is 3.03. The highest BCUT2D eigenvalue weighted by molar-refractivity contribution is 6.55.